The second-order valence-electron chi connectivity index (χ2n) is 2.61. The van der Waals surface area contributed by atoms with Crippen molar-refractivity contribution in [3.05, 3.63) is 35.9 Å². The van der Waals surface area contributed by atoms with Crippen molar-refractivity contribution in [1.29, 1.82) is 0 Å². The van der Waals surface area contributed by atoms with Crippen molar-refractivity contribution >= 4 is 15.8 Å². The van der Waals surface area contributed by atoms with Crippen LogP contribution in [0.15, 0.2) is 35.5 Å². The zero-order valence-electron chi connectivity index (χ0n) is 8.12. The molecule has 0 aromatic heterocycles. The summed E-state index contributed by atoms with van der Waals surface area (Å²) in [6, 6.07) is 8.14. The van der Waals surface area contributed by atoms with E-state index in [1.54, 1.807) is 30.3 Å². The molecule has 1 rings (SSSR count). The molecule has 0 bridgehead atoms. The first-order valence-corrected chi connectivity index (χ1v) is 5.30. The van der Waals surface area contributed by atoms with Crippen LogP contribution >= 0.6 is 0 Å². The predicted octanol–water partition coefficient (Wildman–Crippen LogP) is -2.59. The summed E-state index contributed by atoms with van der Waals surface area (Å²) in [6.07, 6.45) is 0. The van der Waals surface area contributed by atoms with E-state index in [2.05, 4.69) is 5.16 Å². The minimum atomic E-state index is -4.42. The second kappa shape index (κ2) is 6.74. The van der Waals surface area contributed by atoms with Crippen LogP contribution in [-0.2, 0) is 10.1 Å². The molecule has 1 N–H and O–H groups in total. The van der Waals surface area contributed by atoms with Crippen LogP contribution in [0.4, 0.5) is 0 Å². The average Bonchev–Trinajstić information content (AvgIpc) is 2.14. The van der Waals surface area contributed by atoms with Crippen molar-refractivity contribution in [2.24, 2.45) is 5.16 Å². The van der Waals surface area contributed by atoms with Gasteiger partial charge in [-0.2, -0.15) is 0 Å². The maximum absolute atomic E-state index is 10.4. The normalized spacial score (nSPS) is 11.9. The van der Waals surface area contributed by atoms with E-state index in [9.17, 15) is 13.0 Å². The van der Waals surface area contributed by atoms with Gasteiger partial charge in [-0.05, 0) is 0 Å². The summed E-state index contributed by atoms with van der Waals surface area (Å²) in [7, 11) is -4.42. The minimum absolute atomic E-state index is 0. The van der Waals surface area contributed by atoms with Gasteiger partial charge in [-0.1, -0.05) is 35.5 Å². The summed E-state index contributed by atoms with van der Waals surface area (Å²) in [6.45, 7) is 0. The SMILES string of the molecule is O=S(=O)([O-])CC(=NO)c1ccccc1.[K+]. The zero-order chi connectivity index (χ0) is 10.6. The van der Waals surface area contributed by atoms with Gasteiger partial charge in [0.05, 0.1) is 5.75 Å². The van der Waals surface area contributed by atoms with E-state index in [-0.39, 0.29) is 57.1 Å². The Morgan fingerprint density at radius 1 is 1.33 bits per heavy atom. The van der Waals surface area contributed by atoms with Crippen molar-refractivity contribution in [2.45, 2.75) is 0 Å². The van der Waals surface area contributed by atoms with E-state index < -0.39 is 15.9 Å². The summed E-state index contributed by atoms with van der Waals surface area (Å²) >= 11 is 0. The Morgan fingerprint density at radius 2 is 1.87 bits per heavy atom. The van der Waals surface area contributed by atoms with Crippen molar-refractivity contribution in [1.82, 2.24) is 0 Å². The molecule has 0 fully saturated rings. The molecular weight excluding hydrogens is 245 g/mol. The van der Waals surface area contributed by atoms with Gasteiger partial charge in [0.15, 0.2) is 0 Å². The first-order valence-electron chi connectivity index (χ1n) is 3.73. The largest absolute Gasteiger partial charge is 1.00 e. The predicted molar refractivity (Wildman–Crippen MR) is 49.3 cm³/mol. The smallest absolute Gasteiger partial charge is 0.748 e. The molecule has 5 nitrogen and oxygen atoms in total. The van der Waals surface area contributed by atoms with Gasteiger partial charge in [0.2, 0.25) is 0 Å². The van der Waals surface area contributed by atoms with Crippen LogP contribution in [-0.4, -0.2) is 29.6 Å². The molecule has 1 aromatic carbocycles. The van der Waals surface area contributed by atoms with Gasteiger partial charge < -0.3 is 9.76 Å². The topological polar surface area (TPSA) is 89.8 Å². The molecule has 0 atom stereocenters. The van der Waals surface area contributed by atoms with E-state index in [1.807, 2.05) is 0 Å². The summed E-state index contributed by atoms with van der Waals surface area (Å²) in [5, 5.41) is 11.3. The molecule has 0 aliphatic rings. The molecule has 1 aromatic rings. The van der Waals surface area contributed by atoms with Crippen LogP contribution in [0.2, 0.25) is 0 Å². The van der Waals surface area contributed by atoms with Crippen LogP contribution in [0.1, 0.15) is 5.56 Å². The third-order valence-corrected chi connectivity index (χ3v) is 2.17. The fourth-order valence-corrected chi connectivity index (χ4v) is 1.53. The monoisotopic (exact) mass is 253 g/mol. The first-order chi connectivity index (χ1) is 6.53. The van der Waals surface area contributed by atoms with E-state index in [4.69, 9.17) is 5.21 Å². The maximum Gasteiger partial charge on any atom is 1.00 e. The third kappa shape index (κ3) is 5.76. The first kappa shape index (κ1) is 15.2. The van der Waals surface area contributed by atoms with E-state index in [0.29, 0.717) is 5.56 Å². The fraction of sp³-hybridized carbons (Fsp3) is 0.125. The summed E-state index contributed by atoms with van der Waals surface area (Å²) in [4.78, 5) is 0. The number of benzene rings is 1. The Kier molecular flexibility index (Phi) is 6.85. The third-order valence-electron chi connectivity index (χ3n) is 1.54. The molecule has 0 saturated heterocycles. The second-order valence-corrected chi connectivity index (χ2v) is 4.02. The molecule has 15 heavy (non-hydrogen) atoms. The molecular formula is C8H8KNO4S. The Bertz CT molecular complexity index is 429. The van der Waals surface area contributed by atoms with Crippen molar-refractivity contribution in [3.8, 4) is 0 Å². The molecule has 0 saturated carbocycles. The quantitative estimate of drug-likeness (QED) is 0.210. The average molecular weight is 253 g/mol. The van der Waals surface area contributed by atoms with E-state index in [0.717, 1.165) is 0 Å². The minimum Gasteiger partial charge on any atom is -0.748 e. The summed E-state index contributed by atoms with van der Waals surface area (Å²) in [5.74, 6) is -0.812. The van der Waals surface area contributed by atoms with Crippen LogP contribution in [0.25, 0.3) is 0 Å². The molecule has 7 heteroatoms. The van der Waals surface area contributed by atoms with Crippen molar-refractivity contribution < 1.29 is 69.6 Å². The van der Waals surface area contributed by atoms with Gasteiger partial charge in [-0.15, -0.1) is 0 Å². The summed E-state index contributed by atoms with van der Waals surface area (Å²) < 4.78 is 31.3. The van der Waals surface area contributed by atoms with E-state index in [1.165, 1.54) is 0 Å². The van der Waals surface area contributed by atoms with E-state index >= 15 is 0 Å². The molecule has 0 heterocycles. The standard InChI is InChI=1S/C8H9NO4S.K/c10-9-8(6-14(11,12)13)7-4-2-1-3-5-7;/h1-5,10H,6H2,(H,11,12,13);/q;+1/p-1. The molecule has 76 valence electrons. The van der Waals surface area contributed by atoms with Crippen LogP contribution < -0.4 is 51.4 Å². The van der Waals surface area contributed by atoms with Gasteiger partial charge in [0.1, 0.15) is 15.8 Å². The van der Waals surface area contributed by atoms with Gasteiger partial charge in [-0.25, -0.2) is 8.42 Å². The number of nitrogens with zero attached hydrogens (tertiary/aromatic N) is 1. The van der Waals surface area contributed by atoms with Gasteiger partial charge >= 0.3 is 51.4 Å². The Morgan fingerprint density at radius 3 is 2.27 bits per heavy atom. The molecule has 0 aliphatic carbocycles. The van der Waals surface area contributed by atoms with Gasteiger partial charge in [0, 0.05) is 5.56 Å². The maximum atomic E-state index is 10.4. The molecule has 0 amide bonds. The van der Waals surface area contributed by atoms with Crippen molar-refractivity contribution in [2.75, 3.05) is 5.75 Å². The van der Waals surface area contributed by atoms with Crippen molar-refractivity contribution in [3.63, 3.8) is 0 Å². The van der Waals surface area contributed by atoms with Crippen LogP contribution in [0, 0.1) is 0 Å². The molecule has 0 spiro atoms. The summed E-state index contributed by atoms with van der Waals surface area (Å²) in [5.41, 5.74) is 0.259. The number of oxime groups is 1. The fourth-order valence-electron chi connectivity index (χ4n) is 0.968. The Hall–Kier alpha value is 0.236. The van der Waals surface area contributed by atoms with Crippen LogP contribution in [0.5, 0.6) is 0 Å². The Labute approximate surface area is 130 Å². The van der Waals surface area contributed by atoms with Gasteiger partial charge in [0.25, 0.3) is 0 Å². The van der Waals surface area contributed by atoms with Gasteiger partial charge in [-0.3, -0.25) is 0 Å². The number of hydrogen-bond donors (Lipinski definition) is 1. The molecule has 0 radical (unpaired) electrons. The number of hydrogen-bond acceptors (Lipinski definition) is 5. The molecule has 0 unspecified atom stereocenters. The molecule has 0 aliphatic heterocycles. The number of rotatable bonds is 3. The van der Waals surface area contributed by atoms with Crippen LogP contribution in [0.3, 0.4) is 0 Å². The Balaban J connectivity index is 0.00000196. The zero-order valence-corrected chi connectivity index (χ0v) is 12.1.